The first-order valence-corrected chi connectivity index (χ1v) is 13.6. The van der Waals surface area contributed by atoms with Gasteiger partial charge in [0.1, 0.15) is 18.8 Å². The second-order valence-electron chi connectivity index (χ2n) is 8.63. The Kier molecular flexibility index (Phi) is 9.27. The van der Waals surface area contributed by atoms with Crippen LogP contribution >= 0.6 is 39.7 Å². The minimum Gasteiger partial charge on any atom is -0.490 e. The Hall–Kier alpha value is -3.40. The maximum Gasteiger partial charge on any atom is 0.325 e. The van der Waals surface area contributed by atoms with E-state index in [1.165, 1.54) is 22.5 Å². The van der Waals surface area contributed by atoms with Crippen LogP contribution in [-0.2, 0) is 20.9 Å². The van der Waals surface area contributed by atoms with Crippen LogP contribution in [-0.4, -0.2) is 42.2 Å². The van der Waals surface area contributed by atoms with Gasteiger partial charge in [0.15, 0.2) is 16.6 Å². The summed E-state index contributed by atoms with van der Waals surface area (Å²) in [4.78, 5) is 28.6. The van der Waals surface area contributed by atoms with E-state index < -0.39 is 5.97 Å². The van der Waals surface area contributed by atoms with Crippen LogP contribution in [0.1, 0.15) is 23.6 Å². The maximum atomic E-state index is 13.6. The van der Waals surface area contributed by atoms with Gasteiger partial charge in [0.05, 0.1) is 23.9 Å². The lowest BCUT2D eigenvalue weighted by Gasteiger charge is -2.19. The van der Waals surface area contributed by atoms with Gasteiger partial charge in [-0.05, 0) is 95.6 Å². The van der Waals surface area contributed by atoms with E-state index in [0.29, 0.717) is 45.5 Å². The zero-order chi connectivity index (χ0) is 28.1. The van der Waals surface area contributed by atoms with Gasteiger partial charge in [-0.1, -0.05) is 41.4 Å². The molecule has 1 amide bonds. The van der Waals surface area contributed by atoms with Crippen molar-refractivity contribution in [2.45, 2.75) is 20.5 Å². The van der Waals surface area contributed by atoms with E-state index in [1.807, 2.05) is 44.2 Å². The number of benzene rings is 3. The predicted molar refractivity (Wildman–Crippen MR) is 159 cm³/mol. The zero-order valence-electron chi connectivity index (χ0n) is 21.6. The average molecular weight is 630 g/mol. The molecule has 0 radical (unpaired) electrons. The van der Waals surface area contributed by atoms with Crippen molar-refractivity contribution in [3.63, 3.8) is 0 Å². The third-order valence-electron chi connectivity index (χ3n) is 5.87. The summed E-state index contributed by atoms with van der Waals surface area (Å²) in [6, 6.07) is 18.4. The Morgan fingerprint density at radius 1 is 1.08 bits per heavy atom. The van der Waals surface area contributed by atoms with Crippen molar-refractivity contribution in [1.29, 1.82) is 0 Å². The van der Waals surface area contributed by atoms with Gasteiger partial charge in [0.2, 0.25) is 0 Å². The van der Waals surface area contributed by atoms with Crippen molar-refractivity contribution in [2.24, 2.45) is 0 Å². The molecule has 4 rings (SSSR count). The molecule has 0 aliphatic carbocycles. The van der Waals surface area contributed by atoms with Crippen LogP contribution in [0.25, 0.3) is 6.08 Å². The zero-order valence-corrected chi connectivity index (χ0v) is 24.7. The molecule has 0 atom stereocenters. The minimum atomic E-state index is -0.537. The Bertz CT molecular complexity index is 1430. The molecule has 39 heavy (non-hydrogen) atoms. The molecule has 0 aromatic heterocycles. The SMILES string of the molecule is CCOc1cc(/C=C2/C(=O)N(c3ccc(Cl)cc3)C(=S)N2CC(=O)OC)cc(Br)c1OCc1ccc(C)cc1. The summed E-state index contributed by atoms with van der Waals surface area (Å²) in [6.45, 7) is 4.45. The number of nitrogens with zero attached hydrogens (tertiary/aromatic N) is 2. The number of anilines is 1. The molecule has 202 valence electrons. The van der Waals surface area contributed by atoms with Crippen molar-refractivity contribution < 1.29 is 23.8 Å². The molecule has 1 aliphatic heterocycles. The van der Waals surface area contributed by atoms with Gasteiger partial charge in [0, 0.05) is 5.02 Å². The van der Waals surface area contributed by atoms with Gasteiger partial charge >= 0.3 is 5.97 Å². The van der Waals surface area contributed by atoms with Crippen LogP contribution in [0, 0.1) is 6.92 Å². The molecule has 3 aromatic rings. The summed E-state index contributed by atoms with van der Waals surface area (Å²) in [7, 11) is 1.28. The van der Waals surface area contributed by atoms with Crippen molar-refractivity contribution >= 4 is 68.5 Å². The van der Waals surface area contributed by atoms with E-state index in [0.717, 1.165) is 5.56 Å². The lowest BCUT2D eigenvalue weighted by atomic mass is 10.1. The first kappa shape index (κ1) is 28.6. The summed E-state index contributed by atoms with van der Waals surface area (Å²) in [6.07, 6.45) is 1.66. The minimum absolute atomic E-state index is 0.154. The summed E-state index contributed by atoms with van der Waals surface area (Å²) >= 11 is 15.2. The van der Waals surface area contributed by atoms with Crippen LogP contribution in [0.2, 0.25) is 5.02 Å². The van der Waals surface area contributed by atoms with Gasteiger partial charge in [0.25, 0.3) is 5.91 Å². The molecule has 0 N–H and O–H groups in total. The van der Waals surface area contributed by atoms with Gasteiger partial charge in [-0.2, -0.15) is 0 Å². The average Bonchev–Trinajstić information content (AvgIpc) is 3.13. The molecule has 0 bridgehead atoms. The fourth-order valence-corrected chi connectivity index (χ4v) is 4.97. The number of aryl methyl sites for hydroxylation is 1. The monoisotopic (exact) mass is 628 g/mol. The van der Waals surface area contributed by atoms with Gasteiger partial charge in [-0.25, -0.2) is 0 Å². The van der Waals surface area contributed by atoms with Gasteiger partial charge in [-0.3, -0.25) is 14.5 Å². The normalized spacial score (nSPS) is 14.2. The fourth-order valence-electron chi connectivity index (χ4n) is 3.92. The quantitative estimate of drug-likeness (QED) is 0.151. The van der Waals surface area contributed by atoms with Crippen molar-refractivity contribution in [2.75, 3.05) is 25.2 Å². The number of thiocarbonyl (C=S) groups is 1. The Morgan fingerprint density at radius 2 is 1.77 bits per heavy atom. The number of esters is 1. The first-order valence-electron chi connectivity index (χ1n) is 12.1. The van der Waals surface area contributed by atoms with E-state index in [-0.39, 0.29) is 23.3 Å². The lowest BCUT2D eigenvalue weighted by Crippen LogP contribution is -2.35. The Balaban J connectivity index is 1.70. The number of rotatable bonds is 9. The molecular weight excluding hydrogens is 604 g/mol. The van der Waals surface area contributed by atoms with E-state index >= 15 is 0 Å². The standard InChI is InChI=1S/C29H26BrClN2O5S/c1-4-37-25-15-20(13-23(30)27(25)38-17-19-7-5-18(2)6-8-19)14-24-28(35)33(22-11-9-21(31)10-12-22)29(39)32(24)16-26(34)36-3/h5-15H,4,16-17H2,1-3H3/b24-14-. The third-order valence-corrected chi connectivity index (χ3v) is 7.12. The summed E-state index contributed by atoms with van der Waals surface area (Å²) in [5, 5.41) is 0.678. The molecule has 10 heteroatoms. The number of carbonyl (C=O) groups excluding carboxylic acids is 2. The first-order chi connectivity index (χ1) is 18.7. The van der Waals surface area contributed by atoms with E-state index in [4.69, 9.17) is 38.0 Å². The van der Waals surface area contributed by atoms with Crippen molar-refractivity contribution in [1.82, 2.24) is 4.90 Å². The molecule has 1 heterocycles. The van der Waals surface area contributed by atoms with E-state index in [1.54, 1.807) is 36.4 Å². The molecule has 1 fully saturated rings. The summed E-state index contributed by atoms with van der Waals surface area (Å²) in [5.41, 5.74) is 3.58. The lowest BCUT2D eigenvalue weighted by molar-refractivity contribution is -0.140. The van der Waals surface area contributed by atoms with Crippen molar-refractivity contribution in [3.8, 4) is 11.5 Å². The highest BCUT2D eigenvalue weighted by Gasteiger charge is 2.40. The highest BCUT2D eigenvalue weighted by Crippen LogP contribution is 2.39. The molecule has 0 saturated carbocycles. The molecule has 1 aliphatic rings. The number of hydrogen-bond acceptors (Lipinski definition) is 6. The molecular formula is C29H26BrClN2O5S. The molecule has 1 saturated heterocycles. The third kappa shape index (κ3) is 6.61. The van der Waals surface area contributed by atoms with E-state index in [2.05, 4.69) is 15.9 Å². The van der Waals surface area contributed by atoms with Crippen LogP contribution in [0.15, 0.2) is 70.8 Å². The smallest absolute Gasteiger partial charge is 0.325 e. The number of ether oxygens (including phenoxy) is 3. The molecule has 3 aromatic carbocycles. The molecule has 0 unspecified atom stereocenters. The second-order valence-corrected chi connectivity index (χ2v) is 10.3. The topological polar surface area (TPSA) is 68.3 Å². The fraction of sp³-hybridized carbons (Fsp3) is 0.207. The highest BCUT2D eigenvalue weighted by atomic mass is 79.9. The van der Waals surface area contributed by atoms with Crippen LogP contribution < -0.4 is 14.4 Å². The number of carbonyl (C=O) groups is 2. The predicted octanol–water partition coefficient (Wildman–Crippen LogP) is 6.54. The number of methoxy groups -OCH3 is 1. The van der Waals surface area contributed by atoms with E-state index in [9.17, 15) is 9.59 Å². The second kappa shape index (κ2) is 12.6. The van der Waals surface area contributed by atoms with Crippen LogP contribution in [0.4, 0.5) is 5.69 Å². The van der Waals surface area contributed by atoms with Gasteiger partial charge in [-0.15, -0.1) is 0 Å². The van der Waals surface area contributed by atoms with Crippen molar-refractivity contribution in [3.05, 3.63) is 92.5 Å². The Morgan fingerprint density at radius 3 is 2.41 bits per heavy atom. The number of halogens is 2. The van der Waals surface area contributed by atoms with Gasteiger partial charge < -0.3 is 19.1 Å². The highest BCUT2D eigenvalue weighted by molar-refractivity contribution is 9.10. The largest absolute Gasteiger partial charge is 0.490 e. The maximum absolute atomic E-state index is 13.6. The number of hydrogen-bond donors (Lipinski definition) is 0. The molecule has 0 spiro atoms. The van der Waals surface area contributed by atoms with Crippen LogP contribution in [0.3, 0.4) is 0 Å². The molecule has 7 nitrogen and oxygen atoms in total. The number of amides is 1. The summed E-state index contributed by atoms with van der Waals surface area (Å²) in [5.74, 6) is 0.125. The van der Waals surface area contributed by atoms with Crippen LogP contribution in [0.5, 0.6) is 11.5 Å². The summed E-state index contributed by atoms with van der Waals surface area (Å²) < 4.78 is 17.5. The Labute approximate surface area is 246 Å².